The molecule has 18 heavy (non-hydrogen) atoms. The van der Waals surface area contributed by atoms with Gasteiger partial charge in [-0.15, -0.1) is 11.6 Å². The van der Waals surface area contributed by atoms with Crippen molar-refractivity contribution in [3.8, 4) is 5.75 Å². The second-order valence-electron chi connectivity index (χ2n) is 5.96. The number of halogens is 1. The molecule has 0 aliphatic heterocycles. The average Bonchev–Trinajstić information content (AvgIpc) is 2.77. The molecule has 0 aromatic heterocycles. The van der Waals surface area contributed by atoms with E-state index in [1.165, 1.54) is 31.2 Å². The first-order valence-electron chi connectivity index (χ1n) is 6.92. The quantitative estimate of drug-likeness (QED) is 0.669. The van der Waals surface area contributed by atoms with Gasteiger partial charge in [-0.1, -0.05) is 31.9 Å². The minimum Gasteiger partial charge on any atom is -0.491 e. The van der Waals surface area contributed by atoms with E-state index in [2.05, 4.69) is 19.1 Å². The van der Waals surface area contributed by atoms with E-state index < -0.39 is 0 Å². The van der Waals surface area contributed by atoms with Crippen molar-refractivity contribution < 1.29 is 4.74 Å². The molecular formula is C16H23ClO. The van der Waals surface area contributed by atoms with Crippen molar-refractivity contribution in [2.75, 3.05) is 0 Å². The van der Waals surface area contributed by atoms with E-state index in [1.807, 2.05) is 26.0 Å². The van der Waals surface area contributed by atoms with Crippen molar-refractivity contribution in [3.05, 3.63) is 29.8 Å². The largest absolute Gasteiger partial charge is 0.491 e. The Morgan fingerprint density at radius 3 is 2.17 bits per heavy atom. The van der Waals surface area contributed by atoms with E-state index in [4.69, 9.17) is 16.3 Å². The van der Waals surface area contributed by atoms with Gasteiger partial charge in [-0.05, 0) is 49.8 Å². The molecule has 1 aliphatic carbocycles. The zero-order chi connectivity index (χ0) is 13.2. The second-order valence-corrected chi connectivity index (χ2v) is 6.40. The van der Waals surface area contributed by atoms with Crippen LogP contribution in [0, 0.1) is 5.41 Å². The molecule has 0 N–H and O–H groups in total. The maximum Gasteiger partial charge on any atom is 0.119 e. The summed E-state index contributed by atoms with van der Waals surface area (Å²) in [6, 6.07) is 8.28. The molecule has 1 aliphatic rings. The van der Waals surface area contributed by atoms with E-state index in [0.717, 1.165) is 5.75 Å². The van der Waals surface area contributed by atoms with Crippen LogP contribution in [0.4, 0.5) is 0 Å². The van der Waals surface area contributed by atoms with Crippen LogP contribution in [-0.4, -0.2) is 6.10 Å². The minimum absolute atomic E-state index is 0.119. The first-order valence-corrected chi connectivity index (χ1v) is 7.36. The van der Waals surface area contributed by atoms with Crippen LogP contribution in [-0.2, 0) is 0 Å². The molecule has 0 heterocycles. The summed E-state index contributed by atoms with van der Waals surface area (Å²) in [7, 11) is 0. The minimum atomic E-state index is 0.119. The number of alkyl halides is 1. The zero-order valence-electron chi connectivity index (χ0n) is 11.6. The predicted octanol–water partition coefficient (Wildman–Crippen LogP) is 5.33. The molecule has 2 rings (SSSR count). The standard InChI is InChI=1S/C16H23ClO/c1-12(2)18-14-8-6-13(7-9-14)15(17)16(3)10-4-5-11-16/h6-9,12,15H,4-5,10-11H2,1-3H3. The fourth-order valence-corrected chi connectivity index (χ4v) is 3.19. The summed E-state index contributed by atoms with van der Waals surface area (Å²) in [5.74, 6) is 0.925. The molecular weight excluding hydrogens is 244 g/mol. The molecule has 1 saturated carbocycles. The highest BCUT2D eigenvalue weighted by Crippen LogP contribution is 2.50. The summed E-state index contributed by atoms with van der Waals surface area (Å²) in [5.41, 5.74) is 1.49. The van der Waals surface area contributed by atoms with Gasteiger partial charge in [0.25, 0.3) is 0 Å². The lowest BCUT2D eigenvalue weighted by Crippen LogP contribution is -2.18. The third kappa shape index (κ3) is 3.00. The molecule has 100 valence electrons. The van der Waals surface area contributed by atoms with Crippen LogP contribution < -0.4 is 4.74 Å². The predicted molar refractivity (Wildman–Crippen MR) is 77.4 cm³/mol. The van der Waals surface area contributed by atoms with Crippen LogP contribution in [0.5, 0.6) is 5.75 Å². The van der Waals surface area contributed by atoms with E-state index in [9.17, 15) is 0 Å². The fraction of sp³-hybridized carbons (Fsp3) is 0.625. The van der Waals surface area contributed by atoms with E-state index in [1.54, 1.807) is 0 Å². The summed E-state index contributed by atoms with van der Waals surface area (Å²) >= 11 is 6.67. The van der Waals surface area contributed by atoms with E-state index in [0.29, 0.717) is 0 Å². The van der Waals surface area contributed by atoms with Crippen LogP contribution in [0.25, 0.3) is 0 Å². The summed E-state index contributed by atoms with van der Waals surface area (Å²) in [5, 5.41) is 0.119. The van der Waals surface area contributed by atoms with Gasteiger partial charge in [0.15, 0.2) is 0 Å². The number of hydrogen-bond donors (Lipinski definition) is 0. The topological polar surface area (TPSA) is 9.23 Å². The Hall–Kier alpha value is -0.690. The monoisotopic (exact) mass is 266 g/mol. The van der Waals surface area contributed by atoms with Crippen LogP contribution in [0.2, 0.25) is 0 Å². The molecule has 1 unspecified atom stereocenters. The van der Waals surface area contributed by atoms with Crippen molar-refractivity contribution in [1.29, 1.82) is 0 Å². The molecule has 0 bridgehead atoms. The van der Waals surface area contributed by atoms with Crippen molar-refractivity contribution in [1.82, 2.24) is 0 Å². The number of rotatable bonds is 4. The SMILES string of the molecule is CC(C)Oc1ccc(C(Cl)C2(C)CCCC2)cc1. The average molecular weight is 267 g/mol. The molecule has 1 aromatic carbocycles. The van der Waals surface area contributed by atoms with Gasteiger partial charge in [-0.25, -0.2) is 0 Å². The van der Waals surface area contributed by atoms with Gasteiger partial charge in [-0.2, -0.15) is 0 Å². The van der Waals surface area contributed by atoms with Crippen LogP contribution in [0.1, 0.15) is 57.4 Å². The molecule has 0 radical (unpaired) electrons. The van der Waals surface area contributed by atoms with Gasteiger partial charge in [0.2, 0.25) is 0 Å². The van der Waals surface area contributed by atoms with E-state index >= 15 is 0 Å². The highest BCUT2D eigenvalue weighted by Gasteiger charge is 2.36. The molecule has 1 fully saturated rings. The Bertz CT molecular complexity index is 377. The smallest absolute Gasteiger partial charge is 0.119 e. The molecule has 1 aromatic rings. The fourth-order valence-electron chi connectivity index (χ4n) is 2.83. The third-order valence-corrected chi connectivity index (χ3v) is 4.68. The maximum absolute atomic E-state index is 6.67. The third-order valence-electron chi connectivity index (χ3n) is 3.90. The Morgan fingerprint density at radius 2 is 1.67 bits per heavy atom. The highest BCUT2D eigenvalue weighted by atomic mass is 35.5. The normalized spacial score (nSPS) is 20.1. The van der Waals surface area contributed by atoms with Gasteiger partial charge in [-0.3, -0.25) is 0 Å². The van der Waals surface area contributed by atoms with Gasteiger partial charge in [0.1, 0.15) is 5.75 Å². The zero-order valence-corrected chi connectivity index (χ0v) is 12.3. The first-order chi connectivity index (χ1) is 8.51. The summed E-state index contributed by atoms with van der Waals surface area (Å²) < 4.78 is 5.66. The number of benzene rings is 1. The number of ether oxygens (including phenoxy) is 1. The first kappa shape index (κ1) is 13.7. The summed E-state index contributed by atoms with van der Waals surface area (Å²) in [6.45, 7) is 6.39. The highest BCUT2D eigenvalue weighted by molar-refractivity contribution is 6.21. The van der Waals surface area contributed by atoms with Crippen LogP contribution >= 0.6 is 11.6 Å². The Balaban J connectivity index is 2.09. The lowest BCUT2D eigenvalue weighted by Gasteiger charge is -2.29. The molecule has 0 saturated heterocycles. The summed E-state index contributed by atoms with van der Waals surface area (Å²) in [4.78, 5) is 0. The van der Waals surface area contributed by atoms with Crippen LogP contribution in [0.3, 0.4) is 0 Å². The molecule has 2 heteroatoms. The summed E-state index contributed by atoms with van der Waals surface area (Å²) in [6.07, 6.45) is 5.33. The number of hydrogen-bond acceptors (Lipinski definition) is 1. The lowest BCUT2D eigenvalue weighted by molar-refractivity contribution is 0.242. The van der Waals surface area contributed by atoms with Crippen molar-refractivity contribution in [3.63, 3.8) is 0 Å². The van der Waals surface area contributed by atoms with Gasteiger partial charge in [0.05, 0.1) is 11.5 Å². The van der Waals surface area contributed by atoms with Crippen molar-refractivity contribution >= 4 is 11.6 Å². The Morgan fingerprint density at radius 1 is 1.11 bits per heavy atom. The molecule has 1 atom stereocenters. The van der Waals surface area contributed by atoms with Gasteiger partial charge in [0, 0.05) is 0 Å². The molecule has 1 nitrogen and oxygen atoms in total. The van der Waals surface area contributed by atoms with E-state index in [-0.39, 0.29) is 16.9 Å². The second kappa shape index (κ2) is 5.52. The molecule has 0 spiro atoms. The van der Waals surface area contributed by atoms with Gasteiger partial charge >= 0.3 is 0 Å². The Kier molecular flexibility index (Phi) is 4.21. The maximum atomic E-state index is 6.67. The van der Waals surface area contributed by atoms with Crippen molar-refractivity contribution in [2.24, 2.45) is 5.41 Å². The van der Waals surface area contributed by atoms with Crippen molar-refractivity contribution in [2.45, 2.75) is 57.9 Å². The lowest BCUT2D eigenvalue weighted by atomic mass is 9.81. The van der Waals surface area contributed by atoms with Crippen LogP contribution in [0.15, 0.2) is 24.3 Å². The van der Waals surface area contributed by atoms with Gasteiger partial charge < -0.3 is 4.74 Å². The molecule has 0 amide bonds. The Labute approximate surface area is 115 Å².